The van der Waals surface area contributed by atoms with E-state index < -0.39 is 57.5 Å². The van der Waals surface area contributed by atoms with Gasteiger partial charge in [0.05, 0.1) is 35.9 Å². The van der Waals surface area contributed by atoms with Crippen molar-refractivity contribution in [2.24, 2.45) is 40.4 Å². The highest BCUT2D eigenvalue weighted by atomic mass is 16.5. The molecule has 0 aromatic rings. The van der Waals surface area contributed by atoms with Gasteiger partial charge in [-0.25, -0.2) is 0 Å². The molecular formula is C30H44O9. The van der Waals surface area contributed by atoms with Gasteiger partial charge in [0.1, 0.15) is 5.60 Å². The van der Waals surface area contributed by atoms with Gasteiger partial charge in [-0.15, -0.1) is 0 Å². The summed E-state index contributed by atoms with van der Waals surface area (Å²) in [5.41, 5.74) is -6.03. The maximum absolute atomic E-state index is 13.5. The van der Waals surface area contributed by atoms with Gasteiger partial charge in [-0.3, -0.25) is 14.4 Å². The van der Waals surface area contributed by atoms with Gasteiger partial charge in [-0.05, 0) is 87.7 Å². The third-order valence-electron chi connectivity index (χ3n) is 12.2. The lowest BCUT2D eigenvalue weighted by molar-refractivity contribution is -0.193. The number of allylic oxidation sites excluding steroid dienone is 1. The Morgan fingerprint density at radius 2 is 1.85 bits per heavy atom. The van der Waals surface area contributed by atoms with E-state index in [0.717, 1.165) is 0 Å². The van der Waals surface area contributed by atoms with Crippen LogP contribution in [0, 0.1) is 40.4 Å². The number of aliphatic hydroxyl groups excluding tert-OH is 2. The highest BCUT2D eigenvalue weighted by Gasteiger charge is 2.70. The van der Waals surface area contributed by atoms with Gasteiger partial charge in [0.25, 0.3) is 0 Å². The van der Waals surface area contributed by atoms with Crippen LogP contribution in [0.3, 0.4) is 0 Å². The summed E-state index contributed by atoms with van der Waals surface area (Å²) < 4.78 is 5.13. The Balaban J connectivity index is 1.46. The zero-order valence-corrected chi connectivity index (χ0v) is 23.6. The van der Waals surface area contributed by atoms with E-state index in [1.807, 2.05) is 13.8 Å². The molecule has 5 N–H and O–H groups in total. The number of rotatable bonds is 5. The van der Waals surface area contributed by atoms with Crippen molar-refractivity contribution in [2.45, 2.75) is 109 Å². The number of hydrogen-bond donors (Lipinski definition) is 5. The fourth-order valence-electron chi connectivity index (χ4n) is 9.45. The van der Waals surface area contributed by atoms with Crippen LogP contribution in [0.15, 0.2) is 11.6 Å². The maximum atomic E-state index is 13.5. The van der Waals surface area contributed by atoms with Crippen LogP contribution in [-0.2, 0) is 19.1 Å². The van der Waals surface area contributed by atoms with Crippen molar-refractivity contribution in [2.75, 3.05) is 6.61 Å². The number of carbonyl (C=O) groups is 3. The van der Waals surface area contributed by atoms with Crippen molar-refractivity contribution >= 4 is 17.5 Å². The first-order valence-corrected chi connectivity index (χ1v) is 14.4. The number of hydrogen-bond acceptors (Lipinski definition) is 9. The zero-order valence-electron chi connectivity index (χ0n) is 23.6. The van der Waals surface area contributed by atoms with Crippen LogP contribution in [0.4, 0.5) is 0 Å². The van der Waals surface area contributed by atoms with E-state index in [1.54, 1.807) is 13.8 Å². The molecule has 0 bridgehead atoms. The third-order valence-corrected chi connectivity index (χ3v) is 12.2. The molecule has 0 aromatic heterocycles. The molecule has 1 aliphatic heterocycles. The molecule has 3 saturated carbocycles. The maximum Gasteiger partial charge on any atom is 0.309 e. The van der Waals surface area contributed by atoms with Crippen LogP contribution in [-0.4, -0.2) is 78.7 Å². The molecule has 0 amide bonds. The van der Waals surface area contributed by atoms with Crippen molar-refractivity contribution in [3.63, 3.8) is 0 Å². The second kappa shape index (κ2) is 8.92. The van der Waals surface area contributed by atoms with Crippen molar-refractivity contribution < 1.29 is 44.7 Å². The molecule has 4 aliphatic carbocycles. The average molecular weight is 549 g/mol. The van der Waals surface area contributed by atoms with E-state index in [-0.39, 0.29) is 55.4 Å². The Kier molecular flexibility index (Phi) is 6.60. The molecule has 5 rings (SSSR count). The molecular weight excluding hydrogens is 504 g/mol. The van der Waals surface area contributed by atoms with Crippen LogP contribution in [0.25, 0.3) is 0 Å². The van der Waals surface area contributed by atoms with Gasteiger partial charge in [-0.2, -0.15) is 0 Å². The molecule has 4 fully saturated rings. The van der Waals surface area contributed by atoms with Gasteiger partial charge >= 0.3 is 5.97 Å². The van der Waals surface area contributed by atoms with E-state index in [2.05, 4.69) is 0 Å². The molecule has 218 valence electrons. The monoisotopic (exact) mass is 548 g/mol. The normalized spacial score (nSPS) is 49.7. The number of cyclic esters (lactones) is 1. The van der Waals surface area contributed by atoms with Crippen LogP contribution in [0.2, 0.25) is 0 Å². The van der Waals surface area contributed by atoms with Crippen LogP contribution < -0.4 is 0 Å². The molecule has 1 saturated heterocycles. The lowest BCUT2D eigenvalue weighted by Crippen LogP contribution is -2.65. The summed E-state index contributed by atoms with van der Waals surface area (Å²) >= 11 is 0. The summed E-state index contributed by atoms with van der Waals surface area (Å²) in [7, 11) is 0. The van der Waals surface area contributed by atoms with Crippen molar-refractivity contribution in [3.8, 4) is 0 Å². The Hall–Kier alpha value is -1.65. The quantitative estimate of drug-likeness (QED) is 0.320. The summed E-state index contributed by atoms with van der Waals surface area (Å²) in [5.74, 6) is -2.98. The second-order valence-corrected chi connectivity index (χ2v) is 14.1. The van der Waals surface area contributed by atoms with Crippen molar-refractivity contribution in [1.29, 1.82) is 0 Å². The van der Waals surface area contributed by atoms with Gasteiger partial charge in [0.2, 0.25) is 0 Å². The summed E-state index contributed by atoms with van der Waals surface area (Å²) in [6.45, 7) is 8.62. The standard InChI is InChI=1S/C30H44O9/c1-15-17(13-39-25(15)35)10-23(33)28(5,36)22-7-9-30(38)19-11-21(32)20-12-24(34)29(37,16(2)31)14-26(20,3)18(19)6-8-27(22,30)4/h11,15,17-18,20,22-24,33-34,36-38H,6-10,12-14H2,1-5H3/t15-,17+,18-,20-,22-,23+,24+,26+,27+,28+,29+,30+/m0/s1. The third kappa shape index (κ3) is 3.79. The Bertz CT molecular complexity index is 1110. The van der Waals surface area contributed by atoms with E-state index in [0.29, 0.717) is 31.3 Å². The first kappa shape index (κ1) is 28.9. The number of Topliss-reactive ketones (excluding diaryl/α,β-unsaturated/α-hetero) is 1. The number of esters is 1. The molecule has 0 unspecified atom stereocenters. The van der Waals surface area contributed by atoms with E-state index in [4.69, 9.17) is 4.74 Å². The lowest BCUT2D eigenvalue weighted by Gasteiger charge is -2.61. The average Bonchev–Trinajstić information content (AvgIpc) is 3.31. The van der Waals surface area contributed by atoms with Crippen LogP contribution in [0.1, 0.15) is 79.6 Å². The summed E-state index contributed by atoms with van der Waals surface area (Å²) in [6.07, 6.45) is 0.970. The molecule has 39 heavy (non-hydrogen) atoms. The van der Waals surface area contributed by atoms with Crippen LogP contribution in [0.5, 0.6) is 0 Å². The fourth-order valence-corrected chi connectivity index (χ4v) is 9.45. The molecule has 0 aromatic carbocycles. The molecule has 5 aliphatic rings. The molecule has 9 nitrogen and oxygen atoms in total. The Morgan fingerprint density at radius 3 is 2.44 bits per heavy atom. The number of fused-ring (bicyclic) bond motifs is 5. The van der Waals surface area contributed by atoms with Gasteiger partial charge in [0.15, 0.2) is 11.6 Å². The Morgan fingerprint density at radius 1 is 1.18 bits per heavy atom. The minimum atomic E-state index is -1.95. The van der Waals surface area contributed by atoms with E-state index in [1.165, 1.54) is 13.0 Å². The predicted octanol–water partition coefficient (Wildman–Crippen LogP) is 1.46. The Labute approximate surface area is 229 Å². The minimum Gasteiger partial charge on any atom is -0.465 e. The smallest absolute Gasteiger partial charge is 0.309 e. The fraction of sp³-hybridized carbons (Fsp3) is 0.833. The molecule has 9 heteroatoms. The lowest BCUT2D eigenvalue weighted by atomic mass is 9.44. The number of aliphatic hydroxyl groups is 5. The number of ketones is 2. The predicted molar refractivity (Wildman–Crippen MR) is 139 cm³/mol. The summed E-state index contributed by atoms with van der Waals surface area (Å²) in [5, 5.41) is 57.3. The SMILES string of the molecule is CC(=O)[C@]1(O)C[C@@]2(C)[C@@H](C[C@H]1O)C(=O)C=C1[C@@H]2CC[C@]2(C)[C@@H]([C@@](C)(O)[C@H](O)C[C@@H]3COC(=O)[C@H]3C)CC[C@@]12O. The zero-order chi connectivity index (χ0) is 28.9. The van der Waals surface area contributed by atoms with Gasteiger partial charge in [-0.1, -0.05) is 20.8 Å². The highest BCUT2D eigenvalue weighted by Crippen LogP contribution is 2.69. The number of ether oxygens (including phenoxy) is 1. The number of carbonyl (C=O) groups excluding carboxylic acids is 3. The highest BCUT2D eigenvalue weighted by molar-refractivity contribution is 5.96. The van der Waals surface area contributed by atoms with Crippen LogP contribution >= 0.6 is 0 Å². The first-order chi connectivity index (χ1) is 17.9. The van der Waals surface area contributed by atoms with E-state index in [9.17, 15) is 39.9 Å². The topological polar surface area (TPSA) is 162 Å². The van der Waals surface area contributed by atoms with E-state index >= 15 is 0 Å². The molecule has 0 radical (unpaired) electrons. The first-order valence-electron chi connectivity index (χ1n) is 14.4. The molecule has 0 spiro atoms. The second-order valence-electron chi connectivity index (χ2n) is 14.1. The largest absolute Gasteiger partial charge is 0.465 e. The summed E-state index contributed by atoms with van der Waals surface area (Å²) in [6, 6.07) is 0. The van der Waals surface area contributed by atoms with Gasteiger partial charge in [0, 0.05) is 17.3 Å². The minimum absolute atomic E-state index is 0.0171. The molecule has 12 atom stereocenters. The van der Waals surface area contributed by atoms with Gasteiger partial charge < -0.3 is 30.3 Å². The molecule has 1 heterocycles. The van der Waals surface area contributed by atoms with Crippen molar-refractivity contribution in [3.05, 3.63) is 11.6 Å². The summed E-state index contributed by atoms with van der Waals surface area (Å²) in [4.78, 5) is 37.8. The van der Waals surface area contributed by atoms with Crippen molar-refractivity contribution in [1.82, 2.24) is 0 Å².